The molecule has 0 spiro atoms. The van der Waals surface area contributed by atoms with E-state index in [-0.39, 0.29) is 18.1 Å². The minimum atomic E-state index is -0.419. The summed E-state index contributed by atoms with van der Waals surface area (Å²) in [4.78, 5) is 16.8. The molecule has 1 unspecified atom stereocenters. The van der Waals surface area contributed by atoms with E-state index in [1.165, 1.54) is 13.2 Å². The molecule has 23 heavy (non-hydrogen) atoms. The first kappa shape index (κ1) is 16.2. The first-order valence-corrected chi connectivity index (χ1v) is 8.22. The average molecular weight is 321 g/mol. The second kappa shape index (κ2) is 7.27. The predicted molar refractivity (Wildman–Crippen MR) is 86.1 cm³/mol. The van der Waals surface area contributed by atoms with Crippen LogP contribution in [0, 0.1) is 5.82 Å². The standard InChI is InChI=1S/C17H24FN3O2/c1-23-16-3-2-13(10-15(16)18)11-17(22)21-7-4-14(12-21)20-8-5-19-6-9-20/h2-3,10,14,19H,4-9,11-12H2,1H3. The molecule has 5 nitrogen and oxygen atoms in total. The van der Waals surface area contributed by atoms with Crippen LogP contribution in [0.2, 0.25) is 0 Å². The van der Waals surface area contributed by atoms with Gasteiger partial charge in [0.15, 0.2) is 11.6 Å². The number of hydrogen-bond donors (Lipinski definition) is 1. The Morgan fingerprint density at radius 2 is 2.13 bits per heavy atom. The molecule has 2 aliphatic heterocycles. The number of carbonyl (C=O) groups excluding carboxylic acids is 1. The van der Waals surface area contributed by atoms with E-state index in [1.54, 1.807) is 12.1 Å². The van der Waals surface area contributed by atoms with E-state index in [9.17, 15) is 9.18 Å². The van der Waals surface area contributed by atoms with Gasteiger partial charge in [-0.05, 0) is 24.1 Å². The number of nitrogens with zero attached hydrogens (tertiary/aromatic N) is 2. The van der Waals surface area contributed by atoms with Crippen LogP contribution in [0.1, 0.15) is 12.0 Å². The fourth-order valence-corrected chi connectivity index (χ4v) is 3.42. The number of benzene rings is 1. The van der Waals surface area contributed by atoms with Gasteiger partial charge in [0, 0.05) is 45.3 Å². The molecule has 1 aromatic rings. The highest BCUT2D eigenvalue weighted by molar-refractivity contribution is 5.79. The van der Waals surface area contributed by atoms with Gasteiger partial charge in [-0.15, -0.1) is 0 Å². The summed E-state index contributed by atoms with van der Waals surface area (Å²) in [7, 11) is 1.43. The van der Waals surface area contributed by atoms with Crippen LogP contribution in [-0.4, -0.2) is 68.1 Å². The van der Waals surface area contributed by atoms with E-state index in [2.05, 4.69) is 10.2 Å². The molecule has 2 fully saturated rings. The van der Waals surface area contributed by atoms with Gasteiger partial charge in [0.05, 0.1) is 13.5 Å². The Bertz CT molecular complexity index is 561. The average Bonchev–Trinajstić information content (AvgIpc) is 3.06. The van der Waals surface area contributed by atoms with Crippen molar-refractivity contribution in [1.29, 1.82) is 0 Å². The molecule has 0 radical (unpaired) electrons. The van der Waals surface area contributed by atoms with Gasteiger partial charge in [0.1, 0.15) is 0 Å². The molecule has 0 saturated carbocycles. The number of nitrogens with one attached hydrogen (secondary N) is 1. The molecule has 126 valence electrons. The molecule has 1 N–H and O–H groups in total. The lowest BCUT2D eigenvalue weighted by Gasteiger charge is -2.32. The van der Waals surface area contributed by atoms with Crippen LogP contribution in [-0.2, 0) is 11.2 Å². The molecule has 2 heterocycles. The number of rotatable bonds is 4. The van der Waals surface area contributed by atoms with Crippen molar-refractivity contribution in [3.8, 4) is 5.75 Å². The zero-order chi connectivity index (χ0) is 16.2. The number of hydrogen-bond acceptors (Lipinski definition) is 4. The van der Waals surface area contributed by atoms with Crippen molar-refractivity contribution >= 4 is 5.91 Å². The number of ether oxygens (including phenoxy) is 1. The van der Waals surface area contributed by atoms with Crippen molar-refractivity contribution in [2.24, 2.45) is 0 Å². The minimum Gasteiger partial charge on any atom is -0.494 e. The Labute approximate surface area is 136 Å². The van der Waals surface area contributed by atoms with E-state index >= 15 is 0 Å². The number of piperazine rings is 1. The van der Waals surface area contributed by atoms with Crippen molar-refractivity contribution in [3.05, 3.63) is 29.6 Å². The quantitative estimate of drug-likeness (QED) is 0.894. The lowest BCUT2D eigenvalue weighted by atomic mass is 10.1. The van der Waals surface area contributed by atoms with Crippen LogP contribution >= 0.6 is 0 Å². The van der Waals surface area contributed by atoms with Gasteiger partial charge < -0.3 is 15.0 Å². The second-order valence-corrected chi connectivity index (χ2v) is 6.21. The van der Waals surface area contributed by atoms with E-state index in [0.29, 0.717) is 11.6 Å². The highest BCUT2D eigenvalue weighted by Gasteiger charge is 2.30. The Morgan fingerprint density at radius 1 is 1.35 bits per heavy atom. The summed E-state index contributed by atoms with van der Waals surface area (Å²) in [6.45, 7) is 5.74. The fourth-order valence-electron chi connectivity index (χ4n) is 3.42. The zero-order valence-corrected chi connectivity index (χ0v) is 13.6. The van der Waals surface area contributed by atoms with Gasteiger partial charge in [-0.2, -0.15) is 0 Å². The van der Waals surface area contributed by atoms with E-state index in [4.69, 9.17) is 4.74 Å². The van der Waals surface area contributed by atoms with E-state index in [1.807, 2.05) is 4.90 Å². The smallest absolute Gasteiger partial charge is 0.227 e. The third-order valence-electron chi connectivity index (χ3n) is 4.76. The lowest BCUT2D eigenvalue weighted by molar-refractivity contribution is -0.129. The topological polar surface area (TPSA) is 44.8 Å². The second-order valence-electron chi connectivity index (χ2n) is 6.21. The number of carbonyl (C=O) groups is 1. The highest BCUT2D eigenvalue weighted by Crippen LogP contribution is 2.20. The fraction of sp³-hybridized carbons (Fsp3) is 0.588. The SMILES string of the molecule is COc1ccc(CC(=O)N2CCC(N3CCNCC3)C2)cc1F. The number of likely N-dealkylation sites (tertiary alicyclic amines) is 1. The van der Waals surface area contributed by atoms with Gasteiger partial charge in [0.2, 0.25) is 5.91 Å². The minimum absolute atomic E-state index is 0.0761. The van der Waals surface area contributed by atoms with Crippen molar-refractivity contribution in [2.45, 2.75) is 18.9 Å². The van der Waals surface area contributed by atoms with Gasteiger partial charge in [-0.3, -0.25) is 9.69 Å². The molecule has 0 aliphatic carbocycles. The van der Waals surface area contributed by atoms with Gasteiger partial charge in [-0.25, -0.2) is 4.39 Å². The van der Waals surface area contributed by atoms with Gasteiger partial charge >= 0.3 is 0 Å². The first-order valence-electron chi connectivity index (χ1n) is 8.22. The maximum absolute atomic E-state index is 13.7. The molecule has 2 aliphatic rings. The number of halogens is 1. The summed E-state index contributed by atoms with van der Waals surface area (Å²) in [5.41, 5.74) is 0.693. The van der Waals surface area contributed by atoms with E-state index in [0.717, 1.165) is 45.7 Å². The molecule has 1 amide bonds. The molecule has 1 atom stereocenters. The third kappa shape index (κ3) is 3.82. The van der Waals surface area contributed by atoms with Crippen LogP contribution in [0.3, 0.4) is 0 Å². The molecular weight excluding hydrogens is 297 g/mol. The summed E-state index contributed by atoms with van der Waals surface area (Å²) in [5.74, 6) is -0.133. The largest absolute Gasteiger partial charge is 0.494 e. The van der Waals surface area contributed by atoms with Crippen LogP contribution in [0.15, 0.2) is 18.2 Å². The number of methoxy groups -OCH3 is 1. The van der Waals surface area contributed by atoms with Crippen LogP contribution in [0.5, 0.6) is 5.75 Å². The normalized spacial score (nSPS) is 22.3. The lowest BCUT2D eigenvalue weighted by Crippen LogP contribution is -2.49. The predicted octanol–water partition coefficient (Wildman–Crippen LogP) is 0.883. The molecule has 2 saturated heterocycles. The van der Waals surface area contributed by atoms with Crippen molar-refractivity contribution in [2.75, 3.05) is 46.4 Å². The summed E-state index contributed by atoms with van der Waals surface area (Å²) in [6.07, 6.45) is 1.28. The first-order chi connectivity index (χ1) is 11.2. The van der Waals surface area contributed by atoms with Crippen LogP contribution in [0.25, 0.3) is 0 Å². The monoisotopic (exact) mass is 321 g/mol. The number of amides is 1. The summed E-state index contributed by atoms with van der Waals surface area (Å²) in [6, 6.07) is 5.18. The van der Waals surface area contributed by atoms with Gasteiger partial charge in [-0.1, -0.05) is 6.07 Å². The molecule has 1 aromatic carbocycles. The van der Waals surface area contributed by atoms with E-state index < -0.39 is 5.82 Å². The molecule has 0 bridgehead atoms. The maximum atomic E-state index is 13.7. The Balaban J connectivity index is 1.55. The molecule has 0 aromatic heterocycles. The van der Waals surface area contributed by atoms with Crippen LogP contribution in [0.4, 0.5) is 4.39 Å². The maximum Gasteiger partial charge on any atom is 0.227 e. The highest BCUT2D eigenvalue weighted by atomic mass is 19.1. The summed E-state index contributed by atoms with van der Waals surface area (Å²) >= 11 is 0. The Morgan fingerprint density at radius 3 is 2.83 bits per heavy atom. The van der Waals surface area contributed by atoms with Crippen molar-refractivity contribution < 1.29 is 13.9 Å². The van der Waals surface area contributed by atoms with Gasteiger partial charge in [0.25, 0.3) is 0 Å². The van der Waals surface area contributed by atoms with Crippen LogP contribution < -0.4 is 10.1 Å². The van der Waals surface area contributed by atoms with Crippen molar-refractivity contribution in [1.82, 2.24) is 15.1 Å². The van der Waals surface area contributed by atoms with Crippen molar-refractivity contribution in [3.63, 3.8) is 0 Å². The summed E-state index contributed by atoms with van der Waals surface area (Å²) in [5, 5.41) is 3.35. The zero-order valence-electron chi connectivity index (χ0n) is 13.6. The molecule has 6 heteroatoms. The molecule has 3 rings (SSSR count). The summed E-state index contributed by atoms with van der Waals surface area (Å²) < 4.78 is 18.6. The Hall–Kier alpha value is -1.66. The molecular formula is C17H24FN3O2. The Kier molecular flexibility index (Phi) is 5.13. The third-order valence-corrected chi connectivity index (χ3v) is 4.76.